The highest BCUT2D eigenvalue weighted by molar-refractivity contribution is 5.91. The van der Waals surface area contributed by atoms with Gasteiger partial charge in [0.15, 0.2) is 5.69 Å². The zero-order chi connectivity index (χ0) is 15.2. The first-order chi connectivity index (χ1) is 10.1. The van der Waals surface area contributed by atoms with Crippen LogP contribution in [-0.4, -0.2) is 38.7 Å². The van der Waals surface area contributed by atoms with Crippen molar-refractivity contribution in [2.75, 3.05) is 6.54 Å². The molecular weight excluding hydrogens is 268 g/mol. The van der Waals surface area contributed by atoms with Gasteiger partial charge in [0.25, 0.3) is 5.91 Å². The third-order valence-electron chi connectivity index (χ3n) is 3.24. The van der Waals surface area contributed by atoms with E-state index in [4.69, 9.17) is 0 Å². The maximum absolute atomic E-state index is 11.9. The van der Waals surface area contributed by atoms with E-state index in [1.54, 1.807) is 10.9 Å². The van der Waals surface area contributed by atoms with Gasteiger partial charge in [0.2, 0.25) is 0 Å². The number of nitrogens with zero attached hydrogens (tertiary/aromatic N) is 3. The van der Waals surface area contributed by atoms with Crippen LogP contribution in [0.4, 0.5) is 0 Å². The third-order valence-corrected chi connectivity index (χ3v) is 3.24. The van der Waals surface area contributed by atoms with Crippen LogP contribution >= 0.6 is 0 Å². The number of hydrogen-bond donors (Lipinski definition) is 2. The highest BCUT2D eigenvalue weighted by atomic mass is 16.3. The van der Waals surface area contributed by atoms with Gasteiger partial charge in [-0.3, -0.25) is 4.79 Å². The lowest BCUT2D eigenvalue weighted by Gasteiger charge is -2.13. The lowest BCUT2D eigenvalue weighted by Crippen LogP contribution is -2.28. The van der Waals surface area contributed by atoms with E-state index in [0.717, 1.165) is 5.69 Å². The van der Waals surface area contributed by atoms with Crippen LogP contribution in [0.15, 0.2) is 36.5 Å². The number of aromatic nitrogens is 3. The summed E-state index contributed by atoms with van der Waals surface area (Å²) in [6.45, 7) is 4.30. The molecule has 6 nitrogen and oxygen atoms in total. The number of para-hydroxylation sites is 1. The lowest BCUT2D eigenvalue weighted by atomic mass is 10.0. The van der Waals surface area contributed by atoms with Gasteiger partial charge < -0.3 is 10.4 Å². The van der Waals surface area contributed by atoms with Gasteiger partial charge in [-0.25, -0.2) is 4.68 Å². The van der Waals surface area contributed by atoms with E-state index in [-0.39, 0.29) is 17.5 Å². The van der Waals surface area contributed by atoms with Gasteiger partial charge in [-0.05, 0) is 24.5 Å². The summed E-state index contributed by atoms with van der Waals surface area (Å²) in [6.07, 6.45) is 1.70. The molecule has 0 fully saturated rings. The molecule has 1 heterocycles. The topological polar surface area (TPSA) is 80.0 Å². The molecule has 1 aromatic carbocycles. The number of carbonyl (C=O) groups excluding carboxylic acids is 1. The average molecular weight is 288 g/mol. The summed E-state index contributed by atoms with van der Waals surface area (Å²) in [5.41, 5.74) is 1.11. The van der Waals surface area contributed by atoms with E-state index in [2.05, 4.69) is 15.6 Å². The van der Waals surface area contributed by atoms with E-state index in [1.807, 2.05) is 44.2 Å². The summed E-state index contributed by atoms with van der Waals surface area (Å²) >= 11 is 0. The normalized spacial score (nSPS) is 12.4. The largest absolute Gasteiger partial charge is 0.393 e. The van der Waals surface area contributed by atoms with Crippen molar-refractivity contribution in [1.82, 2.24) is 20.3 Å². The Labute approximate surface area is 123 Å². The average Bonchev–Trinajstić information content (AvgIpc) is 2.97. The van der Waals surface area contributed by atoms with Crippen LogP contribution in [0.1, 0.15) is 30.8 Å². The Bertz CT molecular complexity index is 580. The number of aliphatic hydroxyl groups excluding tert-OH is 1. The zero-order valence-electron chi connectivity index (χ0n) is 12.2. The number of rotatable bonds is 6. The Morgan fingerprint density at radius 1 is 1.33 bits per heavy atom. The Hall–Kier alpha value is -2.21. The van der Waals surface area contributed by atoms with Crippen molar-refractivity contribution in [3.63, 3.8) is 0 Å². The summed E-state index contributed by atoms with van der Waals surface area (Å²) in [5.74, 6) is -0.103. The molecule has 0 bridgehead atoms. The first-order valence-electron chi connectivity index (χ1n) is 7.02. The van der Waals surface area contributed by atoms with E-state index in [9.17, 15) is 9.90 Å². The fourth-order valence-electron chi connectivity index (χ4n) is 1.83. The van der Waals surface area contributed by atoms with E-state index >= 15 is 0 Å². The van der Waals surface area contributed by atoms with Crippen molar-refractivity contribution < 1.29 is 9.90 Å². The van der Waals surface area contributed by atoms with Crippen molar-refractivity contribution >= 4 is 5.91 Å². The molecule has 0 spiro atoms. The monoisotopic (exact) mass is 288 g/mol. The summed E-state index contributed by atoms with van der Waals surface area (Å²) in [6, 6.07) is 9.47. The fraction of sp³-hybridized carbons (Fsp3) is 0.400. The fourth-order valence-corrected chi connectivity index (χ4v) is 1.83. The van der Waals surface area contributed by atoms with Crippen LogP contribution in [0.2, 0.25) is 0 Å². The Kier molecular flexibility index (Phi) is 5.05. The van der Waals surface area contributed by atoms with Crippen LogP contribution in [0.3, 0.4) is 0 Å². The standard InChI is InChI=1S/C15H20N4O2/c1-11(2)14(20)8-9-16-15(21)13-10-19(18-17-13)12-6-4-3-5-7-12/h3-7,10-11,14,20H,8-9H2,1-2H3,(H,16,21). The van der Waals surface area contributed by atoms with Crippen LogP contribution < -0.4 is 5.32 Å². The molecule has 1 atom stereocenters. The number of nitrogens with one attached hydrogen (secondary N) is 1. The number of aliphatic hydroxyl groups is 1. The van der Waals surface area contributed by atoms with Crippen LogP contribution in [0.5, 0.6) is 0 Å². The molecule has 1 unspecified atom stereocenters. The van der Waals surface area contributed by atoms with Gasteiger partial charge in [0.05, 0.1) is 18.0 Å². The number of amides is 1. The van der Waals surface area contributed by atoms with Crippen LogP contribution in [0.25, 0.3) is 5.69 Å². The Balaban J connectivity index is 1.91. The molecule has 1 amide bonds. The molecule has 112 valence electrons. The Morgan fingerprint density at radius 3 is 2.71 bits per heavy atom. The number of hydrogen-bond acceptors (Lipinski definition) is 4. The summed E-state index contributed by atoms with van der Waals surface area (Å²) < 4.78 is 1.55. The molecule has 0 aliphatic carbocycles. The molecule has 0 aliphatic rings. The SMILES string of the molecule is CC(C)C(O)CCNC(=O)c1cn(-c2ccccc2)nn1. The van der Waals surface area contributed by atoms with Gasteiger partial charge >= 0.3 is 0 Å². The molecule has 1 aromatic heterocycles. The Morgan fingerprint density at radius 2 is 2.05 bits per heavy atom. The second kappa shape index (κ2) is 6.99. The predicted molar refractivity (Wildman–Crippen MR) is 79.2 cm³/mol. The van der Waals surface area contributed by atoms with Crippen molar-refractivity contribution in [1.29, 1.82) is 0 Å². The van der Waals surface area contributed by atoms with Crippen molar-refractivity contribution in [3.8, 4) is 5.69 Å². The van der Waals surface area contributed by atoms with Gasteiger partial charge in [0, 0.05) is 6.54 Å². The highest BCUT2D eigenvalue weighted by Crippen LogP contribution is 2.06. The van der Waals surface area contributed by atoms with Gasteiger partial charge in [-0.15, -0.1) is 5.10 Å². The molecule has 0 aliphatic heterocycles. The molecule has 21 heavy (non-hydrogen) atoms. The maximum Gasteiger partial charge on any atom is 0.273 e. The van der Waals surface area contributed by atoms with Crippen LogP contribution in [0, 0.1) is 5.92 Å². The molecule has 0 saturated heterocycles. The minimum atomic E-state index is -0.412. The minimum Gasteiger partial charge on any atom is -0.393 e. The first-order valence-corrected chi connectivity index (χ1v) is 7.02. The molecule has 2 aromatic rings. The maximum atomic E-state index is 11.9. The summed E-state index contributed by atoms with van der Waals surface area (Å²) in [5, 5.41) is 20.2. The number of benzene rings is 1. The smallest absolute Gasteiger partial charge is 0.273 e. The second-order valence-corrected chi connectivity index (χ2v) is 5.24. The summed E-state index contributed by atoms with van der Waals surface area (Å²) in [4.78, 5) is 11.9. The molecular formula is C15H20N4O2. The molecule has 0 radical (unpaired) electrons. The summed E-state index contributed by atoms with van der Waals surface area (Å²) in [7, 11) is 0. The lowest BCUT2D eigenvalue weighted by molar-refractivity contribution is 0.0915. The van der Waals surface area contributed by atoms with Gasteiger partial charge in [-0.2, -0.15) is 0 Å². The first kappa shape index (κ1) is 15.2. The highest BCUT2D eigenvalue weighted by Gasteiger charge is 2.13. The third kappa shape index (κ3) is 4.13. The zero-order valence-corrected chi connectivity index (χ0v) is 12.2. The molecule has 2 rings (SSSR count). The van der Waals surface area contributed by atoms with E-state index in [0.29, 0.717) is 13.0 Å². The van der Waals surface area contributed by atoms with Gasteiger partial charge in [0.1, 0.15) is 0 Å². The number of carbonyl (C=O) groups is 1. The van der Waals surface area contributed by atoms with E-state index in [1.165, 1.54) is 0 Å². The van der Waals surface area contributed by atoms with Crippen molar-refractivity contribution in [2.24, 2.45) is 5.92 Å². The molecule has 6 heteroatoms. The predicted octanol–water partition coefficient (Wildman–Crippen LogP) is 1.40. The second-order valence-electron chi connectivity index (χ2n) is 5.24. The quantitative estimate of drug-likeness (QED) is 0.842. The minimum absolute atomic E-state index is 0.181. The molecule has 2 N–H and O–H groups in total. The van der Waals surface area contributed by atoms with E-state index < -0.39 is 6.10 Å². The molecule has 0 saturated carbocycles. The van der Waals surface area contributed by atoms with Crippen molar-refractivity contribution in [2.45, 2.75) is 26.4 Å². The van der Waals surface area contributed by atoms with Crippen molar-refractivity contribution in [3.05, 3.63) is 42.2 Å². The van der Waals surface area contributed by atoms with Crippen LogP contribution in [-0.2, 0) is 0 Å². The van der Waals surface area contributed by atoms with Gasteiger partial charge in [-0.1, -0.05) is 37.3 Å².